The maximum Gasteiger partial charge on any atom is 0.153 e. The van der Waals surface area contributed by atoms with Gasteiger partial charge in [-0.2, -0.15) is 0 Å². The number of nitrogens with one attached hydrogen (secondary N) is 1. The molecule has 0 saturated carbocycles. The van der Waals surface area contributed by atoms with Crippen LogP contribution in [0.3, 0.4) is 0 Å². The van der Waals surface area contributed by atoms with Gasteiger partial charge >= 0.3 is 0 Å². The van der Waals surface area contributed by atoms with Crippen molar-refractivity contribution < 1.29 is 4.74 Å². The van der Waals surface area contributed by atoms with E-state index in [0.717, 1.165) is 36.3 Å². The van der Waals surface area contributed by atoms with E-state index in [1.165, 1.54) is 12.8 Å². The van der Waals surface area contributed by atoms with Crippen molar-refractivity contribution in [3.63, 3.8) is 0 Å². The Balaban J connectivity index is 2.07. The molecule has 1 aliphatic heterocycles. The second-order valence-corrected chi connectivity index (χ2v) is 5.47. The van der Waals surface area contributed by atoms with E-state index in [9.17, 15) is 0 Å². The van der Waals surface area contributed by atoms with Crippen molar-refractivity contribution in [1.82, 2.24) is 20.3 Å². The fourth-order valence-corrected chi connectivity index (χ4v) is 3.11. The van der Waals surface area contributed by atoms with Crippen molar-refractivity contribution >= 4 is 15.9 Å². The van der Waals surface area contributed by atoms with Gasteiger partial charge in [0.15, 0.2) is 4.60 Å². The van der Waals surface area contributed by atoms with E-state index in [1.807, 2.05) is 11.7 Å². The molecule has 2 atom stereocenters. The summed E-state index contributed by atoms with van der Waals surface area (Å²) in [6.45, 7) is 3.94. The van der Waals surface area contributed by atoms with Crippen LogP contribution >= 0.6 is 15.9 Å². The summed E-state index contributed by atoms with van der Waals surface area (Å²) in [7, 11) is 1.93. The lowest BCUT2D eigenvalue weighted by Gasteiger charge is -2.27. The number of hydrogen-bond donors (Lipinski definition) is 1. The lowest BCUT2D eigenvalue weighted by Crippen LogP contribution is -2.30. The van der Waals surface area contributed by atoms with Crippen molar-refractivity contribution in [2.24, 2.45) is 7.05 Å². The molecule has 0 amide bonds. The average Bonchev–Trinajstić information content (AvgIpc) is 2.70. The van der Waals surface area contributed by atoms with Gasteiger partial charge in [-0.25, -0.2) is 4.68 Å². The van der Waals surface area contributed by atoms with Crippen LogP contribution < -0.4 is 5.32 Å². The quantitative estimate of drug-likeness (QED) is 0.904. The van der Waals surface area contributed by atoms with Gasteiger partial charge in [0, 0.05) is 13.7 Å². The standard InChI is InChI=1S/C12H21BrN4O/c1-3-14-10(8-9-6-4-5-7-18-9)11-12(13)15-16-17(11)2/h9-10,14H,3-8H2,1-2H3. The summed E-state index contributed by atoms with van der Waals surface area (Å²) in [5, 5.41) is 11.6. The molecule has 0 bridgehead atoms. The van der Waals surface area contributed by atoms with Gasteiger partial charge < -0.3 is 10.1 Å². The van der Waals surface area contributed by atoms with Crippen LogP contribution in [0.4, 0.5) is 0 Å². The highest BCUT2D eigenvalue weighted by molar-refractivity contribution is 9.10. The minimum atomic E-state index is 0.243. The summed E-state index contributed by atoms with van der Waals surface area (Å²) >= 11 is 3.48. The molecule has 1 aromatic rings. The van der Waals surface area contributed by atoms with E-state index in [1.54, 1.807) is 0 Å². The molecule has 102 valence electrons. The Labute approximate surface area is 116 Å². The number of rotatable bonds is 5. The second kappa shape index (κ2) is 6.63. The van der Waals surface area contributed by atoms with Crippen molar-refractivity contribution in [3.8, 4) is 0 Å². The topological polar surface area (TPSA) is 52.0 Å². The summed E-state index contributed by atoms with van der Waals surface area (Å²) in [6.07, 6.45) is 4.95. The fraction of sp³-hybridized carbons (Fsp3) is 0.833. The van der Waals surface area contributed by atoms with Crippen molar-refractivity contribution in [2.45, 2.75) is 44.8 Å². The number of aryl methyl sites for hydroxylation is 1. The predicted molar refractivity (Wildman–Crippen MR) is 73.3 cm³/mol. The zero-order valence-electron chi connectivity index (χ0n) is 11.0. The van der Waals surface area contributed by atoms with Gasteiger partial charge in [0.2, 0.25) is 0 Å². The molecule has 5 nitrogen and oxygen atoms in total. The summed E-state index contributed by atoms with van der Waals surface area (Å²) in [5.41, 5.74) is 1.10. The molecule has 1 saturated heterocycles. The average molecular weight is 317 g/mol. The first kappa shape index (κ1) is 14.0. The molecule has 2 heterocycles. The van der Waals surface area contributed by atoms with E-state index in [-0.39, 0.29) is 6.04 Å². The molecule has 1 fully saturated rings. The largest absolute Gasteiger partial charge is 0.378 e. The molecule has 0 aromatic carbocycles. The summed E-state index contributed by atoms with van der Waals surface area (Å²) in [5.74, 6) is 0. The molecule has 18 heavy (non-hydrogen) atoms. The normalized spacial score (nSPS) is 22.1. The molecular weight excluding hydrogens is 296 g/mol. The maximum atomic E-state index is 5.83. The number of nitrogens with zero attached hydrogens (tertiary/aromatic N) is 3. The molecule has 1 aliphatic rings. The fourth-order valence-electron chi connectivity index (χ4n) is 2.50. The van der Waals surface area contributed by atoms with E-state index in [0.29, 0.717) is 6.10 Å². The van der Waals surface area contributed by atoms with Gasteiger partial charge in [0.1, 0.15) is 0 Å². The van der Waals surface area contributed by atoms with E-state index in [4.69, 9.17) is 4.74 Å². The Bertz CT molecular complexity index is 357. The first-order valence-corrected chi connectivity index (χ1v) is 7.41. The Morgan fingerprint density at radius 1 is 1.56 bits per heavy atom. The molecule has 6 heteroatoms. The third kappa shape index (κ3) is 3.30. The maximum absolute atomic E-state index is 5.83. The van der Waals surface area contributed by atoms with Crippen molar-refractivity contribution in [2.75, 3.05) is 13.2 Å². The summed E-state index contributed by atoms with van der Waals surface area (Å²) in [4.78, 5) is 0. The van der Waals surface area contributed by atoms with Crippen LogP contribution in [0.2, 0.25) is 0 Å². The molecule has 0 spiro atoms. The minimum absolute atomic E-state index is 0.243. The first-order valence-electron chi connectivity index (χ1n) is 6.62. The van der Waals surface area contributed by atoms with E-state index >= 15 is 0 Å². The lowest BCUT2D eigenvalue weighted by atomic mass is 10.00. The Morgan fingerprint density at radius 2 is 2.39 bits per heavy atom. The van der Waals surface area contributed by atoms with Crippen molar-refractivity contribution in [3.05, 3.63) is 10.3 Å². The van der Waals surface area contributed by atoms with E-state index < -0.39 is 0 Å². The predicted octanol–water partition coefficient (Wildman–Crippen LogP) is 2.19. The van der Waals surface area contributed by atoms with E-state index in [2.05, 4.69) is 38.5 Å². The number of halogens is 1. The van der Waals surface area contributed by atoms with Gasteiger partial charge in [-0.05, 0) is 48.2 Å². The number of aromatic nitrogens is 3. The van der Waals surface area contributed by atoms with Gasteiger partial charge in [-0.15, -0.1) is 5.10 Å². The van der Waals surface area contributed by atoms with Crippen LogP contribution in [0.25, 0.3) is 0 Å². The monoisotopic (exact) mass is 316 g/mol. The SMILES string of the molecule is CCNC(CC1CCCCO1)c1c(Br)nnn1C. The van der Waals surface area contributed by atoms with Gasteiger partial charge in [0.25, 0.3) is 0 Å². The third-order valence-corrected chi connectivity index (χ3v) is 3.94. The van der Waals surface area contributed by atoms with Crippen LogP contribution in [0.15, 0.2) is 4.60 Å². The van der Waals surface area contributed by atoms with Crippen LogP contribution in [-0.2, 0) is 11.8 Å². The van der Waals surface area contributed by atoms with Crippen LogP contribution in [-0.4, -0.2) is 34.2 Å². The first-order chi connectivity index (χ1) is 8.72. The zero-order valence-corrected chi connectivity index (χ0v) is 12.6. The van der Waals surface area contributed by atoms with Crippen LogP contribution in [0.1, 0.15) is 44.3 Å². The zero-order chi connectivity index (χ0) is 13.0. The van der Waals surface area contributed by atoms with Crippen LogP contribution in [0, 0.1) is 0 Å². The number of ether oxygens (including phenoxy) is 1. The van der Waals surface area contributed by atoms with Gasteiger partial charge in [-0.3, -0.25) is 0 Å². The molecule has 1 aromatic heterocycles. The van der Waals surface area contributed by atoms with Crippen molar-refractivity contribution in [1.29, 1.82) is 0 Å². The third-order valence-electron chi connectivity index (χ3n) is 3.38. The molecule has 2 unspecified atom stereocenters. The lowest BCUT2D eigenvalue weighted by molar-refractivity contribution is 0.00463. The Kier molecular flexibility index (Phi) is 5.14. The summed E-state index contributed by atoms with van der Waals surface area (Å²) < 4.78 is 8.49. The van der Waals surface area contributed by atoms with Gasteiger partial charge in [-0.1, -0.05) is 12.1 Å². The Morgan fingerprint density at radius 3 is 2.94 bits per heavy atom. The number of hydrogen-bond acceptors (Lipinski definition) is 4. The highest BCUT2D eigenvalue weighted by Gasteiger charge is 2.24. The molecule has 2 rings (SSSR count). The second-order valence-electron chi connectivity index (χ2n) is 4.72. The summed E-state index contributed by atoms with van der Waals surface area (Å²) in [6, 6.07) is 0.243. The molecular formula is C12H21BrN4O. The Hall–Kier alpha value is -0.460. The smallest absolute Gasteiger partial charge is 0.153 e. The molecule has 1 N–H and O–H groups in total. The molecule has 0 radical (unpaired) electrons. The minimum Gasteiger partial charge on any atom is -0.378 e. The highest BCUT2D eigenvalue weighted by atomic mass is 79.9. The highest BCUT2D eigenvalue weighted by Crippen LogP contribution is 2.28. The van der Waals surface area contributed by atoms with Gasteiger partial charge in [0.05, 0.1) is 17.8 Å². The van der Waals surface area contributed by atoms with Crippen LogP contribution in [0.5, 0.6) is 0 Å². The molecule has 0 aliphatic carbocycles.